The molecule has 1 saturated carbocycles. The molecule has 1 aliphatic heterocycles. The first-order chi connectivity index (χ1) is 9.81. The third-order valence-electron chi connectivity index (χ3n) is 5.15. The van der Waals surface area contributed by atoms with E-state index in [1.165, 1.54) is 63.8 Å². The number of halogens is 1. The van der Waals surface area contributed by atoms with Gasteiger partial charge in [0, 0.05) is 10.6 Å². The summed E-state index contributed by atoms with van der Waals surface area (Å²) in [5.74, 6) is 0. The molecule has 2 fully saturated rings. The van der Waals surface area contributed by atoms with E-state index in [1.807, 2.05) is 17.0 Å². The van der Waals surface area contributed by atoms with Crippen molar-refractivity contribution in [1.82, 2.24) is 0 Å². The summed E-state index contributed by atoms with van der Waals surface area (Å²) in [6, 6.07) is 9.35. The van der Waals surface area contributed by atoms with Crippen molar-refractivity contribution in [3.8, 4) is 0 Å². The van der Waals surface area contributed by atoms with Gasteiger partial charge in [0.2, 0.25) is 0 Å². The lowest BCUT2D eigenvalue weighted by atomic mass is 9.94. The van der Waals surface area contributed by atoms with Gasteiger partial charge in [-0.2, -0.15) is 0 Å². The van der Waals surface area contributed by atoms with Crippen LogP contribution < -0.4 is 9.80 Å². The van der Waals surface area contributed by atoms with Crippen molar-refractivity contribution in [2.24, 2.45) is 0 Å². The number of piperazine rings is 1. The van der Waals surface area contributed by atoms with Gasteiger partial charge in [-0.3, -0.25) is 0 Å². The smallest absolute Gasteiger partial charge is 0.127 e. The Morgan fingerprint density at radius 2 is 1.55 bits per heavy atom. The molecule has 0 atom stereocenters. The zero-order valence-electron chi connectivity index (χ0n) is 12.3. The first kappa shape index (κ1) is 14.4. The Hall–Kier alpha value is -0.570. The maximum absolute atomic E-state index is 5.95. The predicted octanol–water partition coefficient (Wildman–Crippen LogP) is 0.956. The molecule has 20 heavy (non-hydrogen) atoms. The standard InChI is InChI=1S/C17H25ClN2/c18-16-8-6-15(7-9-16)14-19-10-12-20(13-11-19)17-4-2-1-3-5-17/h6-9,17H,1-5,10-14H2/p+2. The first-order valence-electron chi connectivity index (χ1n) is 8.24. The molecule has 110 valence electrons. The van der Waals surface area contributed by atoms with E-state index in [1.54, 1.807) is 4.90 Å². The summed E-state index contributed by atoms with van der Waals surface area (Å²) in [7, 11) is 0. The van der Waals surface area contributed by atoms with E-state index in [4.69, 9.17) is 11.6 Å². The molecular weight excluding hydrogens is 268 g/mol. The fraction of sp³-hybridized carbons (Fsp3) is 0.647. The van der Waals surface area contributed by atoms with Gasteiger partial charge in [0.1, 0.15) is 32.7 Å². The van der Waals surface area contributed by atoms with Crippen molar-refractivity contribution in [2.45, 2.75) is 44.7 Å². The minimum atomic E-state index is 0.843. The monoisotopic (exact) mass is 294 g/mol. The van der Waals surface area contributed by atoms with Crippen molar-refractivity contribution in [3.05, 3.63) is 34.9 Å². The van der Waals surface area contributed by atoms with E-state index in [2.05, 4.69) is 12.1 Å². The van der Waals surface area contributed by atoms with Crippen LogP contribution in [0.2, 0.25) is 5.02 Å². The quantitative estimate of drug-likeness (QED) is 0.822. The van der Waals surface area contributed by atoms with E-state index in [-0.39, 0.29) is 0 Å². The second-order valence-corrected chi connectivity index (χ2v) is 6.98. The van der Waals surface area contributed by atoms with Crippen molar-refractivity contribution in [1.29, 1.82) is 0 Å². The second-order valence-electron chi connectivity index (χ2n) is 6.55. The van der Waals surface area contributed by atoms with Gasteiger partial charge >= 0.3 is 0 Å². The summed E-state index contributed by atoms with van der Waals surface area (Å²) in [6.45, 7) is 6.55. The molecule has 2 nitrogen and oxygen atoms in total. The molecule has 3 rings (SSSR count). The Balaban J connectivity index is 1.47. The molecule has 2 aliphatic rings. The van der Waals surface area contributed by atoms with Gasteiger partial charge in [0.15, 0.2) is 0 Å². The highest BCUT2D eigenvalue weighted by Crippen LogP contribution is 2.15. The molecule has 0 amide bonds. The Morgan fingerprint density at radius 3 is 2.20 bits per heavy atom. The minimum Gasteiger partial charge on any atom is -0.323 e. The van der Waals surface area contributed by atoms with Crippen molar-refractivity contribution >= 4 is 11.6 Å². The van der Waals surface area contributed by atoms with Crippen LogP contribution in [0.15, 0.2) is 24.3 Å². The van der Waals surface area contributed by atoms with E-state index in [9.17, 15) is 0 Å². The number of hydrogen-bond acceptors (Lipinski definition) is 0. The fourth-order valence-corrected chi connectivity index (χ4v) is 4.04. The zero-order valence-corrected chi connectivity index (χ0v) is 13.1. The fourth-order valence-electron chi connectivity index (χ4n) is 3.91. The SMILES string of the molecule is Clc1ccc(C[NH+]2CC[NH+](C3CCCCC3)CC2)cc1. The van der Waals surface area contributed by atoms with Crippen LogP contribution in [0.1, 0.15) is 37.7 Å². The lowest BCUT2D eigenvalue weighted by molar-refractivity contribution is -1.03. The van der Waals surface area contributed by atoms with Crippen LogP contribution in [0.5, 0.6) is 0 Å². The molecule has 3 heteroatoms. The summed E-state index contributed by atoms with van der Waals surface area (Å²) in [5, 5.41) is 0.843. The van der Waals surface area contributed by atoms with Gasteiger partial charge in [-0.05, 0) is 37.8 Å². The average Bonchev–Trinajstić information content (AvgIpc) is 2.51. The predicted molar refractivity (Wildman–Crippen MR) is 83.4 cm³/mol. The topological polar surface area (TPSA) is 8.88 Å². The second kappa shape index (κ2) is 6.93. The Morgan fingerprint density at radius 1 is 0.900 bits per heavy atom. The molecule has 0 spiro atoms. The zero-order chi connectivity index (χ0) is 13.8. The van der Waals surface area contributed by atoms with Crippen molar-refractivity contribution in [3.63, 3.8) is 0 Å². The number of rotatable bonds is 3. The maximum atomic E-state index is 5.95. The Kier molecular flexibility index (Phi) is 4.98. The van der Waals surface area contributed by atoms with Gasteiger partial charge in [-0.25, -0.2) is 0 Å². The number of nitrogens with one attached hydrogen (secondary N) is 2. The molecule has 1 saturated heterocycles. The lowest BCUT2D eigenvalue weighted by Gasteiger charge is -2.36. The average molecular weight is 295 g/mol. The van der Waals surface area contributed by atoms with Gasteiger partial charge in [0.05, 0.1) is 6.04 Å². The van der Waals surface area contributed by atoms with Crippen LogP contribution in [0.3, 0.4) is 0 Å². The third-order valence-corrected chi connectivity index (χ3v) is 5.40. The van der Waals surface area contributed by atoms with Crippen molar-refractivity contribution in [2.75, 3.05) is 26.2 Å². The molecule has 1 heterocycles. The van der Waals surface area contributed by atoms with Crippen LogP contribution in [0.4, 0.5) is 0 Å². The highest BCUT2D eigenvalue weighted by atomic mass is 35.5. The van der Waals surface area contributed by atoms with E-state index < -0.39 is 0 Å². The van der Waals surface area contributed by atoms with Crippen molar-refractivity contribution < 1.29 is 9.80 Å². The normalized spacial score (nSPS) is 28.4. The van der Waals surface area contributed by atoms with Crippen LogP contribution in [0, 0.1) is 0 Å². The molecule has 0 bridgehead atoms. The maximum Gasteiger partial charge on any atom is 0.127 e. The molecule has 1 aromatic rings. The number of hydrogen-bond donors (Lipinski definition) is 2. The van der Waals surface area contributed by atoms with Gasteiger partial charge in [-0.15, -0.1) is 0 Å². The molecule has 0 unspecified atom stereocenters. The summed E-state index contributed by atoms with van der Waals surface area (Å²) in [4.78, 5) is 3.64. The molecule has 2 N–H and O–H groups in total. The van der Waals surface area contributed by atoms with Gasteiger partial charge in [0.25, 0.3) is 0 Å². The molecule has 0 aromatic heterocycles. The Bertz CT molecular complexity index is 404. The van der Waals surface area contributed by atoms with Gasteiger partial charge in [-0.1, -0.05) is 30.2 Å². The van der Waals surface area contributed by atoms with E-state index >= 15 is 0 Å². The van der Waals surface area contributed by atoms with Crippen LogP contribution in [-0.4, -0.2) is 32.2 Å². The third kappa shape index (κ3) is 3.75. The first-order valence-corrected chi connectivity index (χ1v) is 8.61. The Labute approximate surface area is 127 Å². The molecule has 1 aromatic carbocycles. The van der Waals surface area contributed by atoms with Crippen LogP contribution in [-0.2, 0) is 6.54 Å². The lowest BCUT2D eigenvalue weighted by Crippen LogP contribution is -3.29. The number of quaternary nitrogens is 2. The molecular formula is C17H27ClN2+2. The summed E-state index contributed by atoms with van der Waals surface area (Å²) in [6.07, 6.45) is 7.35. The summed E-state index contributed by atoms with van der Waals surface area (Å²) >= 11 is 5.95. The molecule has 1 aliphatic carbocycles. The molecule has 0 radical (unpaired) electrons. The number of benzene rings is 1. The minimum absolute atomic E-state index is 0.843. The highest BCUT2D eigenvalue weighted by Gasteiger charge is 2.30. The summed E-state index contributed by atoms with van der Waals surface area (Å²) < 4.78 is 0. The van der Waals surface area contributed by atoms with Crippen LogP contribution in [0.25, 0.3) is 0 Å². The van der Waals surface area contributed by atoms with E-state index in [0.717, 1.165) is 17.6 Å². The largest absolute Gasteiger partial charge is 0.323 e. The highest BCUT2D eigenvalue weighted by molar-refractivity contribution is 6.30. The van der Waals surface area contributed by atoms with E-state index in [0.29, 0.717) is 0 Å². The summed E-state index contributed by atoms with van der Waals surface area (Å²) in [5.41, 5.74) is 1.42. The van der Waals surface area contributed by atoms with Crippen LogP contribution >= 0.6 is 11.6 Å². The van der Waals surface area contributed by atoms with Gasteiger partial charge < -0.3 is 9.80 Å².